The largest absolute Gasteiger partial charge is 0.482 e. The third-order valence-corrected chi connectivity index (χ3v) is 3.29. The van der Waals surface area contributed by atoms with Gasteiger partial charge in [-0.2, -0.15) is 0 Å². The van der Waals surface area contributed by atoms with Gasteiger partial charge in [0, 0.05) is 18.8 Å². The first-order valence-corrected chi connectivity index (χ1v) is 6.89. The molecule has 0 amide bonds. The Morgan fingerprint density at radius 3 is 2.85 bits per heavy atom. The van der Waals surface area contributed by atoms with Gasteiger partial charge >= 0.3 is 5.97 Å². The summed E-state index contributed by atoms with van der Waals surface area (Å²) in [6.45, 7) is 2.58. The van der Waals surface area contributed by atoms with Crippen LogP contribution in [0.15, 0.2) is 24.3 Å². The van der Waals surface area contributed by atoms with Gasteiger partial charge < -0.3 is 19.5 Å². The Kier molecular flexibility index (Phi) is 5.68. The van der Waals surface area contributed by atoms with E-state index < -0.39 is 0 Å². The number of carbonyl (C=O) groups is 1. The summed E-state index contributed by atoms with van der Waals surface area (Å²) in [5.74, 6) is 0.852. The van der Waals surface area contributed by atoms with E-state index in [0.29, 0.717) is 11.7 Å². The van der Waals surface area contributed by atoms with Crippen LogP contribution in [0.3, 0.4) is 0 Å². The van der Waals surface area contributed by atoms with Crippen molar-refractivity contribution in [3.8, 4) is 5.75 Å². The number of esters is 1. The average Bonchev–Trinajstić information content (AvgIpc) is 2.52. The smallest absolute Gasteiger partial charge is 0.343 e. The number of hydrogen-bond acceptors (Lipinski definition) is 5. The van der Waals surface area contributed by atoms with Gasteiger partial charge in [-0.25, -0.2) is 4.79 Å². The van der Waals surface area contributed by atoms with Crippen molar-refractivity contribution in [2.75, 3.05) is 38.8 Å². The van der Waals surface area contributed by atoms with Gasteiger partial charge in [-0.15, -0.1) is 0 Å². The van der Waals surface area contributed by atoms with Crippen LogP contribution in [0.2, 0.25) is 0 Å². The van der Waals surface area contributed by atoms with Gasteiger partial charge in [0.15, 0.2) is 6.61 Å². The second-order valence-electron chi connectivity index (χ2n) is 4.85. The molecule has 110 valence electrons. The predicted octanol–water partition coefficient (Wildman–Crippen LogP) is 2.08. The van der Waals surface area contributed by atoms with E-state index in [4.69, 9.17) is 9.47 Å². The van der Waals surface area contributed by atoms with Gasteiger partial charge in [0.1, 0.15) is 5.75 Å². The zero-order valence-corrected chi connectivity index (χ0v) is 11.8. The van der Waals surface area contributed by atoms with E-state index in [1.165, 1.54) is 13.5 Å². The summed E-state index contributed by atoms with van der Waals surface area (Å²) in [7, 11) is 1.34. The minimum atomic E-state index is -0.385. The Bertz CT molecular complexity index is 412. The van der Waals surface area contributed by atoms with E-state index in [2.05, 4.69) is 10.1 Å². The van der Waals surface area contributed by atoms with Crippen molar-refractivity contribution >= 4 is 11.7 Å². The lowest BCUT2D eigenvalue weighted by molar-refractivity contribution is -0.142. The van der Waals surface area contributed by atoms with Crippen LogP contribution < -0.4 is 10.1 Å². The molecule has 0 radical (unpaired) electrons. The molecule has 1 N–H and O–H groups in total. The number of carbonyl (C=O) groups excluding carboxylic acids is 1. The lowest BCUT2D eigenvalue weighted by Crippen LogP contribution is -2.24. The van der Waals surface area contributed by atoms with Crippen LogP contribution in [0.4, 0.5) is 5.69 Å². The average molecular weight is 279 g/mol. The van der Waals surface area contributed by atoms with Crippen molar-refractivity contribution in [2.45, 2.75) is 12.8 Å². The van der Waals surface area contributed by atoms with E-state index >= 15 is 0 Å². The van der Waals surface area contributed by atoms with Gasteiger partial charge in [-0.1, -0.05) is 0 Å². The lowest BCUT2D eigenvalue weighted by Gasteiger charge is -2.22. The third kappa shape index (κ3) is 4.74. The molecule has 0 bridgehead atoms. The molecule has 1 heterocycles. The van der Waals surface area contributed by atoms with Crippen molar-refractivity contribution in [2.24, 2.45) is 5.92 Å². The van der Waals surface area contributed by atoms with Crippen molar-refractivity contribution in [3.05, 3.63) is 24.3 Å². The predicted molar refractivity (Wildman–Crippen MR) is 76.0 cm³/mol. The summed E-state index contributed by atoms with van der Waals surface area (Å²) in [4.78, 5) is 11.0. The van der Waals surface area contributed by atoms with Crippen LogP contribution >= 0.6 is 0 Å². The molecule has 1 aliphatic rings. The van der Waals surface area contributed by atoms with Gasteiger partial charge in [-0.3, -0.25) is 0 Å². The van der Waals surface area contributed by atoms with Crippen molar-refractivity contribution in [1.29, 1.82) is 0 Å². The molecule has 2 rings (SSSR count). The normalized spacial score (nSPS) is 18.4. The first-order valence-electron chi connectivity index (χ1n) is 6.89. The van der Waals surface area contributed by atoms with E-state index in [0.717, 1.165) is 31.9 Å². The number of nitrogens with one attached hydrogen (secondary N) is 1. The van der Waals surface area contributed by atoms with Gasteiger partial charge in [-0.05, 0) is 43.0 Å². The Balaban J connectivity index is 1.74. The molecule has 1 aliphatic heterocycles. The van der Waals surface area contributed by atoms with Gasteiger partial charge in [0.05, 0.1) is 13.7 Å². The van der Waals surface area contributed by atoms with Crippen LogP contribution in [0.5, 0.6) is 5.75 Å². The minimum Gasteiger partial charge on any atom is -0.482 e. The zero-order valence-electron chi connectivity index (χ0n) is 11.8. The summed E-state index contributed by atoms with van der Waals surface area (Å²) in [5, 5.41) is 3.39. The Morgan fingerprint density at radius 1 is 1.40 bits per heavy atom. The van der Waals surface area contributed by atoms with E-state index in [9.17, 15) is 4.79 Å². The molecule has 0 aliphatic carbocycles. The second kappa shape index (κ2) is 7.75. The second-order valence-corrected chi connectivity index (χ2v) is 4.85. The molecule has 20 heavy (non-hydrogen) atoms. The summed E-state index contributed by atoms with van der Waals surface area (Å²) in [6.07, 6.45) is 2.36. The number of hydrogen-bond donors (Lipinski definition) is 1. The molecule has 1 saturated heterocycles. The summed E-state index contributed by atoms with van der Waals surface area (Å²) >= 11 is 0. The zero-order chi connectivity index (χ0) is 14.2. The van der Waals surface area contributed by atoms with Crippen molar-refractivity contribution in [3.63, 3.8) is 0 Å². The van der Waals surface area contributed by atoms with E-state index in [-0.39, 0.29) is 12.6 Å². The molecule has 1 atom stereocenters. The molecule has 1 fully saturated rings. The maximum Gasteiger partial charge on any atom is 0.343 e. The molecular formula is C15H21NO4. The van der Waals surface area contributed by atoms with E-state index in [1.807, 2.05) is 24.3 Å². The molecule has 0 aromatic heterocycles. The number of benzene rings is 1. The molecule has 1 unspecified atom stereocenters. The van der Waals surface area contributed by atoms with Crippen LogP contribution in [0, 0.1) is 5.92 Å². The quantitative estimate of drug-likeness (QED) is 0.808. The van der Waals surface area contributed by atoms with Gasteiger partial charge in [0.25, 0.3) is 0 Å². The highest BCUT2D eigenvalue weighted by atomic mass is 16.6. The lowest BCUT2D eigenvalue weighted by atomic mass is 10.0. The van der Waals surface area contributed by atoms with E-state index in [1.54, 1.807) is 0 Å². The maximum absolute atomic E-state index is 11.0. The summed E-state index contributed by atoms with van der Waals surface area (Å²) in [6, 6.07) is 7.55. The van der Waals surface area contributed by atoms with Crippen LogP contribution in [-0.2, 0) is 14.3 Å². The SMILES string of the molecule is COC(=O)COc1ccc(NCC2CCCOC2)cc1. The fourth-order valence-corrected chi connectivity index (χ4v) is 2.10. The van der Waals surface area contributed by atoms with Crippen molar-refractivity contribution < 1.29 is 19.0 Å². The van der Waals surface area contributed by atoms with Crippen LogP contribution in [0.25, 0.3) is 0 Å². The highest BCUT2D eigenvalue weighted by Crippen LogP contribution is 2.18. The third-order valence-electron chi connectivity index (χ3n) is 3.29. The Labute approximate surface area is 119 Å². The summed E-state index contributed by atoms with van der Waals surface area (Å²) < 4.78 is 15.2. The Hall–Kier alpha value is -1.75. The molecular weight excluding hydrogens is 258 g/mol. The molecule has 1 aromatic carbocycles. The molecule has 5 nitrogen and oxygen atoms in total. The first kappa shape index (κ1) is 14.7. The molecule has 0 spiro atoms. The molecule has 5 heteroatoms. The number of methoxy groups -OCH3 is 1. The van der Waals surface area contributed by atoms with Crippen molar-refractivity contribution in [1.82, 2.24) is 0 Å². The minimum absolute atomic E-state index is 0.0668. The topological polar surface area (TPSA) is 56.8 Å². The fraction of sp³-hybridized carbons (Fsp3) is 0.533. The Morgan fingerprint density at radius 2 is 2.20 bits per heavy atom. The van der Waals surface area contributed by atoms with Gasteiger partial charge in [0.2, 0.25) is 0 Å². The number of anilines is 1. The molecule has 1 aromatic rings. The van der Waals surface area contributed by atoms with Crippen LogP contribution in [0.1, 0.15) is 12.8 Å². The maximum atomic E-state index is 11.0. The molecule has 0 saturated carbocycles. The van der Waals surface area contributed by atoms with Crippen LogP contribution in [-0.4, -0.2) is 39.4 Å². The number of rotatable bonds is 6. The monoisotopic (exact) mass is 279 g/mol. The standard InChI is InChI=1S/C15H21NO4/c1-18-15(17)11-20-14-6-4-13(5-7-14)16-9-12-3-2-8-19-10-12/h4-7,12,16H,2-3,8-11H2,1H3. The number of ether oxygens (including phenoxy) is 3. The fourth-order valence-electron chi connectivity index (χ4n) is 2.10. The highest BCUT2D eigenvalue weighted by molar-refractivity contribution is 5.70. The first-order chi connectivity index (χ1) is 9.78. The highest BCUT2D eigenvalue weighted by Gasteiger charge is 2.13. The summed E-state index contributed by atoms with van der Waals surface area (Å²) in [5.41, 5.74) is 1.04.